The highest BCUT2D eigenvalue weighted by atomic mass is 79.9. The maximum Gasteiger partial charge on any atom is 0.255 e. The third-order valence-electron chi connectivity index (χ3n) is 4.75. The summed E-state index contributed by atoms with van der Waals surface area (Å²) in [6.45, 7) is 0.875. The molecule has 0 saturated carbocycles. The van der Waals surface area contributed by atoms with Crippen LogP contribution in [0.2, 0.25) is 5.02 Å². The first-order chi connectivity index (χ1) is 11.9. The summed E-state index contributed by atoms with van der Waals surface area (Å²) in [6, 6.07) is 11.1. The fourth-order valence-corrected chi connectivity index (χ4v) is 3.79. The molecule has 5 nitrogen and oxygen atoms in total. The minimum atomic E-state index is -0.735. The summed E-state index contributed by atoms with van der Waals surface area (Å²) < 4.78 is 0.549. The van der Waals surface area contributed by atoms with Crippen molar-refractivity contribution in [2.45, 2.75) is 18.3 Å². The molecule has 2 N–H and O–H groups in total. The highest BCUT2D eigenvalue weighted by Gasteiger charge is 2.42. The number of aromatic nitrogens is 1. The van der Waals surface area contributed by atoms with Crippen molar-refractivity contribution in [3.8, 4) is 0 Å². The number of halogens is 2. The largest absolute Gasteiger partial charge is 0.369 e. The van der Waals surface area contributed by atoms with Crippen molar-refractivity contribution in [2.75, 3.05) is 13.1 Å². The number of primary amides is 1. The van der Waals surface area contributed by atoms with Gasteiger partial charge in [0.25, 0.3) is 5.91 Å². The summed E-state index contributed by atoms with van der Waals surface area (Å²) in [5, 5.41) is 0.308. The SMILES string of the molecule is NC(=O)C1(c2ccccc2)CCN(C(=O)c2cc(Br)ncc2Cl)CC1. The first kappa shape index (κ1) is 17.9. The van der Waals surface area contributed by atoms with E-state index in [1.165, 1.54) is 6.20 Å². The van der Waals surface area contributed by atoms with Gasteiger partial charge in [-0.2, -0.15) is 0 Å². The molecular formula is C18H17BrClN3O2. The van der Waals surface area contributed by atoms with Crippen LogP contribution in [0.25, 0.3) is 0 Å². The Hall–Kier alpha value is -1.92. The number of pyridine rings is 1. The average molecular weight is 423 g/mol. The minimum absolute atomic E-state index is 0.167. The number of likely N-dealkylation sites (tertiary alicyclic amines) is 1. The van der Waals surface area contributed by atoms with Gasteiger partial charge in [0.2, 0.25) is 5.91 Å². The summed E-state index contributed by atoms with van der Waals surface area (Å²) in [5.41, 5.74) is 6.30. The van der Waals surface area contributed by atoms with Gasteiger partial charge in [0.15, 0.2) is 0 Å². The fraction of sp³-hybridized carbons (Fsp3) is 0.278. The molecule has 1 fully saturated rings. The lowest BCUT2D eigenvalue weighted by Gasteiger charge is -2.40. The van der Waals surface area contributed by atoms with Gasteiger partial charge < -0.3 is 10.6 Å². The normalized spacial score (nSPS) is 16.5. The van der Waals surface area contributed by atoms with Crippen LogP contribution in [0, 0.1) is 0 Å². The van der Waals surface area contributed by atoms with Gasteiger partial charge in [-0.15, -0.1) is 0 Å². The summed E-state index contributed by atoms with van der Waals surface area (Å²) in [6.07, 6.45) is 2.42. The van der Waals surface area contributed by atoms with Gasteiger partial charge in [0.05, 0.1) is 16.0 Å². The lowest BCUT2D eigenvalue weighted by molar-refractivity contribution is -0.125. The number of hydrogen-bond acceptors (Lipinski definition) is 3. The van der Waals surface area contributed by atoms with E-state index in [4.69, 9.17) is 17.3 Å². The van der Waals surface area contributed by atoms with Crippen LogP contribution >= 0.6 is 27.5 Å². The molecule has 0 atom stereocenters. The van der Waals surface area contributed by atoms with E-state index < -0.39 is 5.41 Å². The highest BCUT2D eigenvalue weighted by molar-refractivity contribution is 9.10. The summed E-state index contributed by atoms with van der Waals surface area (Å²) in [7, 11) is 0. The zero-order valence-corrected chi connectivity index (χ0v) is 15.8. The molecular weight excluding hydrogens is 406 g/mol. The molecule has 130 valence electrons. The van der Waals surface area contributed by atoms with Crippen molar-refractivity contribution in [2.24, 2.45) is 5.73 Å². The molecule has 7 heteroatoms. The van der Waals surface area contributed by atoms with Crippen molar-refractivity contribution in [3.05, 3.63) is 63.3 Å². The number of amides is 2. The fourth-order valence-electron chi connectivity index (χ4n) is 3.27. The lowest BCUT2D eigenvalue weighted by Crippen LogP contribution is -2.51. The Kier molecular flexibility index (Phi) is 5.11. The summed E-state index contributed by atoms with van der Waals surface area (Å²) in [4.78, 5) is 30.7. The van der Waals surface area contributed by atoms with Gasteiger partial charge >= 0.3 is 0 Å². The molecule has 0 spiro atoms. The van der Waals surface area contributed by atoms with E-state index in [9.17, 15) is 9.59 Å². The van der Waals surface area contributed by atoms with E-state index in [-0.39, 0.29) is 11.8 Å². The van der Waals surface area contributed by atoms with Crippen LogP contribution in [0.4, 0.5) is 0 Å². The average Bonchev–Trinajstić information content (AvgIpc) is 2.64. The van der Waals surface area contributed by atoms with Gasteiger partial charge in [-0.3, -0.25) is 9.59 Å². The lowest BCUT2D eigenvalue weighted by atomic mass is 9.72. The smallest absolute Gasteiger partial charge is 0.255 e. The summed E-state index contributed by atoms with van der Waals surface area (Å²) >= 11 is 9.36. The van der Waals surface area contributed by atoms with E-state index in [2.05, 4.69) is 20.9 Å². The Morgan fingerprint density at radius 2 is 1.84 bits per heavy atom. The predicted molar refractivity (Wildman–Crippen MR) is 99.4 cm³/mol. The van der Waals surface area contributed by atoms with E-state index in [0.717, 1.165) is 5.56 Å². The van der Waals surface area contributed by atoms with E-state index >= 15 is 0 Å². The molecule has 0 unspecified atom stereocenters. The van der Waals surface area contributed by atoms with E-state index in [1.807, 2.05) is 30.3 Å². The van der Waals surface area contributed by atoms with Gasteiger partial charge in [-0.05, 0) is 40.4 Å². The zero-order valence-electron chi connectivity index (χ0n) is 13.4. The van der Waals surface area contributed by atoms with Crippen LogP contribution < -0.4 is 5.73 Å². The van der Waals surface area contributed by atoms with Crippen LogP contribution in [0.3, 0.4) is 0 Å². The molecule has 1 aliphatic rings. The first-order valence-electron chi connectivity index (χ1n) is 7.90. The van der Waals surface area contributed by atoms with Crippen LogP contribution in [0.5, 0.6) is 0 Å². The third-order valence-corrected chi connectivity index (χ3v) is 5.49. The van der Waals surface area contributed by atoms with Gasteiger partial charge in [0, 0.05) is 19.3 Å². The van der Waals surface area contributed by atoms with Crippen molar-refractivity contribution >= 4 is 39.3 Å². The number of carbonyl (C=O) groups is 2. The standard InChI is InChI=1S/C18H17BrClN3O2/c19-15-10-13(14(20)11-22-15)16(24)23-8-6-18(7-9-23,17(21)25)12-4-2-1-3-5-12/h1-5,10-11H,6-9H2,(H2,21,25). The summed E-state index contributed by atoms with van der Waals surface area (Å²) in [5.74, 6) is -0.519. The second-order valence-corrected chi connectivity index (χ2v) is 7.31. The van der Waals surface area contributed by atoms with Crippen molar-refractivity contribution in [3.63, 3.8) is 0 Å². The molecule has 0 radical (unpaired) electrons. The molecule has 2 aromatic rings. The second-order valence-electron chi connectivity index (χ2n) is 6.09. The van der Waals surface area contributed by atoms with E-state index in [1.54, 1.807) is 11.0 Å². The number of carbonyl (C=O) groups excluding carboxylic acids is 2. The zero-order chi connectivity index (χ0) is 18.0. The van der Waals surface area contributed by atoms with Gasteiger partial charge in [-0.1, -0.05) is 41.9 Å². The monoisotopic (exact) mass is 421 g/mol. The number of benzene rings is 1. The van der Waals surface area contributed by atoms with Crippen molar-refractivity contribution in [1.82, 2.24) is 9.88 Å². The Morgan fingerprint density at radius 1 is 1.20 bits per heavy atom. The van der Waals surface area contributed by atoms with Crippen LogP contribution in [-0.2, 0) is 10.2 Å². The molecule has 2 amide bonds. The maximum absolute atomic E-state index is 12.8. The molecule has 3 rings (SSSR count). The molecule has 0 bridgehead atoms. The first-order valence-corrected chi connectivity index (χ1v) is 9.07. The van der Waals surface area contributed by atoms with Crippen LogP contribution in [0.15, 0.2) is 47.2 Å². The van der Waals surface area contributed by atoms with Crippen molar-refractivity contribution in [1.29, 1.82) is 0 Å². The topological polar surface area (TPSA) is 76.3 Å². The Morgan fingerprint density at radius 3 is 2.44 bits per heavy atom. The quantitative estimate of drug-likeness (QED) is 0.772. The molecule has 1 aromatic carbocycles. The number of hydrogen-bond donors (Lipinski definition) is 1. The molecule has 1 aromatic heterocycles. The van der Waals surface area contributed by atoms with Gasteiger partial charge in [-0.25, -0.2) is 4.98 Å². The molecule has 1 saturated heterocycles. The second kappa shape index (κ2) is 7.14. The Bertz CT molecular complexity index is 805. The third kappa shape index (κ3) is 3.41. The number of rotatable bonds is 3. The molecule has 2 heterocycles. The van der Waals surface area contributed by atoms with Crippen LogP contribution in [0.1, 0.15) is 28.8 Å². The Balaban J connectivity index is 1.82. The predicted octanol–water partition coefficient (Wildman–Crippen LogP) is 3.16. The van der Waals surface area contributed by atoms with Gasteiger partial charge in [0.1, 0.15) is 4.60 Å². The maximum atomic E-state index is 12.8. The van der Waals surface area contributed by atoms with Crippen LogP contribution in [-0.4, -0.2) is 34.8 Å². The van der Waals surface area contributed by atoms with Crippen molar-refractivity contribution < 1.29 is 9.59 Å². The number of nitrogens with two attached hydrogens (primary N) is 1. The Labute approximate surface area is 159 Å². The number of piperidine rings is 1. The minimum Gasteiger partial charge on any atom is -0.369 e. The van der Waals surface area contributed by atoms with E-state index in [0.29, 0.717) is 41.1 Å². The number of nitrogens with zero attached hydrogens (tertiary/aromatic N) is 2. The highest BCUT2D eigenvalue weighted by Crippen LogP contribution is 2.36. The molecule has 0 aliphatic carbocycles. The molecule has 1 aliphatic heterocycles. The molecule has 25 heavy (non-hydrogen) atoms.